The highest BCUT2D eigenvalue weighted by atomic mass is 35.5. The summed E-state index contributed by atoms with van der Waals surface area (Å²) in [7, 11) is 0. The van der Waals surface area contributed by atoms with Gasteiger partial charge >= 0.3 is 0 Å². The van der Waals surface area contributed by atoms with E-state index in [2.05, 4.69) is 54.1 Å². The Balaban J connectivity index is 2.30. The van der Waals surface area contributed by atoms with E-state index in [4.69, 9.17) is 11.6 Å². The fourth-order valence-corrected chi connectivity index (χ4v) is 3.05. The molecule has 0 saturated heterocycles. The van der Waals surface area contributed by atoms with Gasteiger partial charge in [0.2, 0.25) is 5.28 Å². The smallest absolute Gasteiger partial charge is 0.217 e. The predicted molar refractivity (Wildman–Crippen MR) is 77.3 cm³/mol. The third-order valence-electron chi connectivity index (χ3n) is 2.81. The van der Waals surface area contributed by atoms with Crippen molar-refractivity contribution in [1.82, 2.24) is 9.97 Å². The molecule has 0 saturated carbocycles. The quantitative estimate of drug-likeness (QED) is 0.605. The van der Waals surface area contributed by atoms with Crippen molar-refractivity contribution < 1.29 is 0 Å². The van der Waals surface area contributed by atoms with Crippen molar-refractivity contribution in [1.29, 1.82) is 0 Å². The number of aromatic nitrogens is 2. The van der Waals surface area contributed by atoms with Gasteiger partial charge in [0.15, 0.2) is 0 Å². The Hall–Kier alpha value is -1.45. The van der Waals surface area contributed by atoms with E-state index in [1.807, 2.05) is 0 Å². The molecule has 18 heavy (non-hydrogen) atoms. The number of benzene rings is 1. The lowest BCUT2D eigenvalue weighted by molar-refractivity contribution is 1.23. The van der Waals surface area contributed by atoms with Gasteiger partial charge in [-0.15, -0.1) is 11.3 Å². The normalized spacial score (nSPS) is 11.1. The predicted octanol–water partition coefficient (Wildman–Crippen LogP) is 4.63. The molecule has 0 N–H and O–H groups in total. The first-order valence-electron chi connectivity index (χ1n) is 5.64. The van der Waals surface area contributed by atoms with Gasteiger partial charge in [0, 0.05) is 15.8 Å². The van der Waals surface area contributed by atoms with Crippen LogP contribution in [-0.2, 0) is 0 Å². The number of hydrogen-bond acceptors (Lipinski definition) is 3. The second-order valence-corrected chi connectivity index (χ2v) is 5.86. The number of nitrogens with zero attached hydrogens (tertiary/aromatic N) is 2. The van der Waals surface area contributed by atoms with Crippen LogP contribution in [0.4, 0.5) is 0 Å². The van der Waals surface area contributed by atoms with Crippen molar-refractivity contribution in [2.24, 2.45) is 0 Å². The molecule has 0 aliphatic rings. The zero-order chi connectivity index (χ0) is 12.7. The Morgan fingerprint density at radius 1 is 1.06 bits per heavy atom. The molecule has 0 bridgehead atoms. The molecule has 0 radical (unpaired) electrons. The molecule has 0 spiro atoms. The Morgan fingerprint density at radius 2 is 1.78 bits per heavy atom. The van der Waals surface area contributed by atoms with Gasteiger partial charge in [0.05, 0.1) is 5.69 Å². The minimum absolute atomic E-state index is 0.305. The van der Waals surface area contributed by atoms with Crippen LogP contribution in [0.3, 0.4) is 0 Å². The van der Waals surface area contributed by atoms with Gasteiger partial charge in [0.25, 0.3) is 0 Å². The topological polar surface area (TPSA) is 25.8 Å². The minimum atomic E-state index is 0.305. The summed E-state index contributed by atoms with van der Waals surface area (Å²) in [6, 6.07) is 10.4. The molecule has 0 aliphatic carbocycles. The molecule has 3 rings (SSSR count). The van der Waals surface area contributed by atoms with Crippen LogP contribution in [0.15, 0.2) is 30.3 Å². The van der Waals surface area contributed by atoms with Gasteiger partial charge in [-0.25, -0.2) is 9.97 Å². The molecule has 4 heteroatoms. The van der Waals surface area contributed by atoms with E-state index < -0.39 is 0 Å². The van der Waals surface area contributed by atoms with Crippen LogP contribution >= 0.6 is 22.9 Å². The van der Waals surface area contributed by atoms with Gasteiger partial charge < -0.3 is 0 Å². The lowest BCUT2D eigenvalue weighted by Crippen LogP contribution is -1.88. The largest absolute Gasteiger partial charge is 0.224 e. The summed E-state index contributed by atoms with van der Waals surface area (Å²) in [6.45, 7) is 4.14. The van der Waals surface area contributed by atoms with E-state index in [0.29, 0.717) is 5.28 Å². The zero-order valence-electron chi connectivity index (χ0n) is 10.1. The Bertz CT molecular complexity index is 716. The van der Waals surface area contributed by atoms with Crippen molar-refractivity contribution in [3.8, 4) is 11.3 Å². The Morgan fingerprint density at radius 3 is 2.50 bits per heavy atom. The number of aryl methyl sites for hydroxylation is 2. The number of halogens is 1. The average Bonchev–Trinajstić information content (AvgIpc) is 2.69. The van der Waals surface area contributed by atoms with Crippen LogP contribution in [-0.4, -0.2) is 9.97 Å². The van der Waals surface area contributed by atoms with Crippen molar-refractivity contribution in [2.45, 2.75) is 13.8 Å². The maximum Gasteiger partial charge on any atom is 0.224 e. The second-order valence-electron chi connectivity index (χ2n) is 4.28. The van der Waals surface area contributed by atoms with E-state index in [1.165, 1.54) is 10.4 Å². The molecule has 0 unspecified atom stereocenters. The molecule has 90 valence electrons. The lowest BCUT2D eigenvalue weighted by Gasteiger charge is -2.03. The molecule has 2 aromatic heterocycles. The first kappa shape index (κ1) is 11.6. The minimum Gasteiger partial charge on any atom is -0.217 e. The van der Waals surface area contributed by atoms with Crippen LogP contribution in [0.5, 0.6) is 0 Å². The standard InChI is InChI=1S/C14H11ClN2S/c1-8-3-5-10(6-4-8)12-11-7-9(2)18-13(11)17-14(15)16-12/h3-7H,1-2H3. The van der Waals surface area contributed by atoms with E-state index >= 15 is 0 Å². The maximum atomic E-state index is 6.00. The first-order valence-corrected chi connectivity index (χ1v) is 6.83. The molecule has 3 aromatic rings. The summed E-state index contributed by atoms with van der Waals surface area (Å²) in [5, 5.41) is 1.38. The molecular formula is C14H11ClN2S. The highest BCUT2D eigenvalue weighted by molar-refractivity contribution is 7.18. The van der Waals surface area contributed by atoms with Crippen molar-refractivity contribution in [2.75, 3.05) is 0 Å². The zero-order valence-corrected chi connectivity index (χ0v) is 11.6. The summed E-state index contributed by atoms with van der Waals surface area (Å²) in [6.07, 6.45) is 0. The number of fused-ring (bicyclic) bond motifs is 1. The van der Waals surface area contributed by atoms with E-state index in [1.54, 1.807) is 11.3 Å². The fraction of sp³-hybridized carbons (Fsp3) is 0.143. The van der Waals surface area contributed by atoms with Crippen LogP contribution < -0.4 is 0 Å². The summed E-state index contributed by atoms with van der Waals surface area (Å²) in [5.74, 6) is 0. The fourth-order valence-electron chi connectivity index (χ4n) is 1.95. The molecule has 0 fully saturated rings. The molecule has 0 atom stereocenters. The monoisotopic (exact) mass is 274 g/mol. The maximum absolute atomic E-state index is 6.00. The van der Waals surface area contributed by atoms with Crippen LogP contribution in [0.1, 0.15) is 10.4 Å². The third kappa shape index (κ3) is 2.00. The van der Waals surface area contributed by atoms with Crippen LogP contribution in [0.2, 0.25) is 5.28 Å². The SMILES string of the molecule is Cc1ccc(-c2nc(Cl)nc3sc(C)cc23)cc1. The molecule has 2 heterocycles. The summed E-state index contributed by atoms with van der Waals surface area (Å²) in [5.41, 5.74) is 3.22. The molecule has 2 nitrogen and oxygen atoms in total. The molecular weight excluding hydrogens is 264 g/mol. The Labute approximate surface area is 114 Å². The summed E-state index contributed by atoms with van der Waals surface area (Å²) < 4.78 is 0. The summed E-state index contributed by atoms with van der Waals surface area (Å²) >= 11 is 7.64. The highest BCUT2D eigenvalue weighted by Gasteiger charge is 2.11. The lowest BCUT2D eigenvalue weighted by atomic mass is 10.1. The van der Waals surface area contributed by atoms with E-state index in [-0.39, 0.29) is 0 Å². The first-order chi connectivity index (χ1) is 8.63. The molecule has 1 aromatic carbocycles. The van der Waals surface area contributed by atoms with E-state index in [9.17, 15) is 0 Å². The highest BCUT2D eigenvalue weighted by Crippen LogP contribution is 2.32. The number of rotatable bonds is 1. The van der Waals surface area contributed by atoms with Gasteiger partial charge in [-0.2, -0.15) is 0 Å². The van der Waals surface area contributed by atoms with E-state index in [0.717, 1.165) is 21.5 Å². The van der Waals surface area contributed by atoms with Crippen LogP contribution in [0.25, 0.3) is 21.5 Å². The Kier molecular flexibility index (Phi) is 2.80. The molecule has 0 aliphatic heterocycles. The van der Waals surface area contributed by atoms with Gasteiger partial charge in [-0.1, -0.05) is 29.8 Å². The number of hydrogen-bond donors (Lipinski definition) is 0. The summed E-state index contributed by atoms with van der Waals surface area (Å²) in [4.78, 5) is 10.8. The van der Waals surface area contributed by atoms with Crippen molar-refractivity contribution in [3.63, 3.8) is 0 Å². The van der Waals surface area contributed by atoms with Crippen molar-refractivity contribution in [3.05, 3.63) is 46.1 Å². The molecule has 0 amide bonds. The van der Waals surface area contributed by atoms with Gasteiger partial charge in [-0.3, -0.25) is 0 Å². The van der Waals surface area contributed by atoms with Crippen molar-refractivity contribution >= 4 is 33.2 Å². The van der Waals surface area contributed by atoms with Gasteiger partial charge in [0.1, 0.15) is 4.83 Å². The van der Waals surface area contributed by atoms with Gasteiger partial charge in [-0.05, 0) is 31.5 Å². The second kappa shape index (κ2) is 4.34. The third-order valence-corrected chi connectivity index (χ3v) is 3.93. The average molecular weight is 275 g/mol. The van der Waals surface area contributed by atoms with Crippen LogP contribution in [0, 0.1) is 13.8 Å². The number of thiophene rings is 1.